The normalized spacial score (nSPS) is 10.8. The number of hydrogen-bond acceptors (Lipinski definition) is 5. The lowest BCUT2D eigenvalue weighted by atomic mass is 9.95. The average molecular weight is 422 g/mol. The van der Waals surface area contributed by atoms with E-state index in [9.17, 15) is 9.59 Å². The quantitative estimate of drug-likeness (QED) is 0.581. The van der Waals surface area contributed by atoms with Gasteiger partial charge in [-0.15, -0.1) is 0 Å². The van der Waals surface area contributed by atoms with E-state index in [2.05, 4.69) is 15.9 Å². The lowest BCUT2D eigenvalue weighted by Gasteiger charge is -2.16. The lowest BCUT2D eigenvalue weighted by molar-refractivity contribution is -0.143. The first-order chi connectivity index (χ1) is 12.5. The molecule has 26 heavy (non-hydrogen) atoms. The Hall–Kier alpha value is -1.95. The third-order valence-electron chi connectivity index (χ3n) is 4.00. The number of benzene rings is 1. The number of rotatable bonds is 8. The van der Waals surface area contributed by atoms with Crippen molar-refractivity contribution in [2.24, 2.45) is 0 Å². The van der Waals surface area contributed by atoms with Crippen LogP contribution in [0.3, 0.4) is 0 Å². The molecule has 0 saturated carbocycles. The standard InChI is InChI=1S/C20H24BrNO4/c1-4-8-16-18(20(24)26-6-3)13(11-12-17(23)25-5-2)14-9-7-10-15(21)19(14)22-16/h7,9-10H,4-6,8,11-12H2,1-3H3. The fourth-order valence-electron chi connectivity index (χ4n) is 2.95. The fraction of sp³-hybridized carbons (Fsp3) is 0.450. The van der Waals surface area contributed by atoms with Gasteiger partial charge in [0.2, 0.25) is 0 Å². The van der Waals surface area contributed by atoms with Crippen molar-refractivity contribution in [3.8, 4) is 0 Å². The number of pyridine rings is 1. The number of halogens is 1. The maximum Gasteiger partial charge on any atom is 0.340 e. The molecule has 0 spiro atoms. The Morgan fingerprint density at radius 2 is 1.81 bits per heavy atom. The minimum absolute atomic E-state index is 0.206. The number of carbonyl (C=O) groups is 2. The summed E-state index contributed by atoms with van der Waals surface area (Å²) in [5.41, 5.74) is 2.79. The highest BCUT2D eigenvalue weighted by Gasteiger charge is 2.23. The van der Waals surface area contributed by atoms with E-state index in [0.29, 0.717) is 30.7 Å². The molecule has 0 fully saturated rings. The van der Waals surface area contributed by atoms with Crippen molar-refractivity contribution in [3.05, 3.63) is 39.5 Å². The number of fused-ring (bicyclic) bond motifs is 1. The molecule has 1 aromatic carbocycles. The topological polar surface area (TPSA) is 65.5 Å². The van der Waals surface area contributed by atoms with Crippen molar-refractivity contribution in [2.75, 3.05) is 13.2 Å². The van der Waals surface area contributed by atoms with Gasteiger partial charge in [0, 0.05) is 16.3 Å². The highest BCUT2D eigenvalue weighted by Crippen LogP contribution is 2.31. The first-order valence-corrected chi connectivity index (χ1v) is 9.75. The molecule has 1 heterocycles. The van der Waals surface area contributed by atoms with Gasteiger partial charge in [-0.25, -0.2) is 4.79 Å². The maximum absolute atomic E-state index is 12.7. The molecule has 0 radical (unpaired) electrons. The Bertz CT molecular complexity index is 804. The maximum atomic E-state index is 12.7. The van der Waals surface area contributed by atoms with E-state index >= 15 is 0 Å². The SMILES string of the molecule is CCCc1nc2c(Br)cccc2c(CCC(=O)OCC)c1C(=O)OCC. The molecular formula is C20H24BrNO4. The van der Waals surface area contributed by atoms with Crippen LogP contribution in [0.4, 0.5) is 0 Å². The predicted octanol–water partition coefficient (Wildman–Crippen LogP) is 4.62. The molecule has 6 heteroatoms. The van der Waals surface area contributed by atoms with Crippen molar-refractivity contribution in [1.29, 1.82) is 0 Å². The lowest BCUT2D eigenvalue weighted by Crippen LogP contribution is -2.15. The number of aromatic nitrogens is 1. The van der Waals surface area contributed by atoms with Crippen molar-refractivity contribution in [1.82, 2.24) is 4.98 Å². The molecule has 2 aromatic rings. The highest BCUT2D eigenvalue weighted by atomic mass is 79.9. The van der Waals surface area contributed by atoms with Crippen LogP contribution in [-0.2, 0) is 27.1 Å². The van der Waals surface area contributed by atoms with Crippen LogP contribution in [0.1, 0.15) is 55.2 Å². The summed E-state index contributed by atoms with van der Waals surface area (Å²) in [5, 5.41) is 0.853. The largest absolute Gasteiger partial charge is 0.466 e. The van der Waals surface area contributed by atoms with Gasteiger partial charge in [0.25, 0.3) is 0 Å². The van der Waals surface area contributed by atoms with Gasteiger partial charge in [-0.1, -0.05) is 25.5 Å². The van der Waals surface area contributed by atoms with Crippen LogP contribution in [0.25, 0.3) is 10.9 Å². The zero-order valence-corrected chi connectivity index (χ0v) is 17.0. The second-order valence-electron chi connectivity index (χ2n) is 5.82. The fourth-order valence-corrected chi connectivity index (χ4v) is 3.41. The number of hydrogen-bond donors (Lipinski definition) is 0. The Morgan fingerprint density at radius 3 is 2.46 bits per heavy atom. The van der Waals surface area contributed by atoms with E-state index in [1.165, 1.54) is 0 Å². The van der Waals surface area contributed by atoms with E-state index in [4.69, 9.17) is 14.5 Å². The molecule has 140 valence electrons. The van der Waals surface area contributed by atoms with Gasteiger partial charge in [-0.3, -0.25) is 9.78 Å². The Morgan fingerprint density at radius 1 is 1.08 bits per heavy atom. The van der Waals surface area contributed by atoms with Crippen LogP contribution >= 0.6 is 15.9 Å². The van der Waals surface area contributed by atoms with Crippen LogP contribution in [0.15, 0.2) is 22.7 Å². The van der Waals surface area contributed by atoms with E-state index in [-0.39, 0.29) is 25.0 Å². The van der Waals surface area contributed by atoms with E-state index in [1.807, 2.05) is 25.1 Å². The van der Waals surface area contributed by atoms with Crippen molar-refractivity contribution < 1.29 is 19.1 Å². The smallest absolute Gasteiger partial charge is 0.340 e. The minimum Gasteiger partial charge on any atom is -0.466 e. The van der Waals surface area contributed by atoms with Gasteiger partial charge in [-0.05, 0) is 54.2 Å². The molecule has 0 N–H and O–H groups in total. The van der Waals surface area contributed by atoms with Crippen LogP contribution in [0, 0.1) is 0 Å². The molecule has 2 rings (SSSR count). The van der Waals surface area contributed by atoms with Gasteiger partial charge >= 0.3 is 11.9 Å². The molecule has 5 nitrogen and oxygen atoms in total. The van der Waals surface area contributed by atoms with Gasteiger partial charge in [0.15, 0.2) is 0 Å². The second-order valence-corrected chi connectivity index (χ2v) is 6.68. The summed E-state index contributed by atoms with van der Waals surface area (Å²) < 4.78 is 11.2. The minimum atomic E-state index is -0.385. The molecule has 0 amide bonds. The predicted molar refractivity (Wildman–Crippen MR) is 104 cm³/mol. The van der Waals surface area contributed by atoms with Crippen LogP contribution < -0.4 is 0 Å². The Labute approximate surface area is 162 Å². The first kappa shape index (κ1) is 20.4. The van der Waals surface area contributed by atoms with Crippen LogP contribution in [0.2, 0.25) is 0 Å². The van der Waals surface area contributed by atoms with Crippen molar-refractivity contribution in [2.45, 2.75) is 46.5 Å². The molecular weight excluding hydrogens is 398 g/mol. The molecule has 0 saturated heterocycles. The number of aryl methyl sites for hydroxylation is 2. The van der Waals surface area contributed by atoms with Crippen molar-refractivity contribution in [3.63, 3.8) is 0 Å². The van der Waals surface area contributed by atoms with Crippen molar-refractivity contribution >= 4 is 38.8 Å². The number of esters is 2. The number of ether oxygens (including phenoxy) is 2. The summed E-state index contributed by atoms with van der Waals surface area (Å²) in [7, 11) is 0. The summed E-state index contributed by atoms with van der Waals surface area (Å²) in [4.78, 5) is 29.3. The monoisotopic (exact) mass is 421 g/mol. The zero-order chi connectivity index (χ0) is 19.1. The Kier molecular flexibility index (Phi) is 7.57. The number of carbonyl (C=O) groups excluding carboxylic acids is 2. The van der Waals surface area contributed by atoms with Gasteiger partial charge in [0.1, 0.15) is 0 Å². The molecule has 0 unspecified atom stereocenters. The average Bonchev–Trinajstić information content (AvgIpc) is 2.61. The van der Waals surface area contributed by atoms with E-state index < -0.39 is 0 Å². The molecule has 0 aliphatic carbocycles. The van der Waals surface area contributed by atoms with Gasteiger partial charge in [0.05, 0.1) is 30.0 Å². The summed E-state index contributed by atoms with van der Waals surface area (Å²) in [6.07, 6.45) is 2.13. The molecule has 0 atom stereocenters. The molecule has 0 aliphatic heterocycles. The molecule has 1 aromatic heterocycles. The van der Waals surface area contributed by atoms with Crippen LogP contribution in [0.5, 0.6) is 0 Å². The third kappa shape index (κ3) is 4.61. The molecule has 0 aliphatic rings. The van der Waals surface area contributed by atoms with E-state index in [1.54, 1.807) is 13.8 Å². The van der Waals surface area contributed by atoms with E-state index in [0.717, 1.165) is 27.4 Å². The number of para-hydroxylation sites is 1. The first-order valence-electron chi connectivity index (χ1n) is 8.96. The number of nitrogens with zero attached hydrogens (tertiary/aromatic N) is 1. The summed E-state index contributed by atoms with van der Waals surface area (Å²) >= 11 is 3.54. The zero-order valence-electron chi connectivity index (χ0n) is 15.4. The van der Waals surface area contributed by atoms with Gasteiger partial charge in [-0.2, -0.15) is 0 Å². The van der Waals surface area contributed by atoms with Crippen LogP contribution in [-0.4, -0.2) is 30.1 Å². The summed E-state index contributed by atoms with van der Waals surface area (Å²) in [6.45, 7) is 6.23. The Balaban J connectivity index is 2.64. The highest BCUT2D eigenvalue weighted by molar-refractivity contribution is 9.10. The van der Waals surface area contributed by atoms with Gasteiger partial charge < -0.3 is 9.47 Å². The molecule has 0 bridgehead atoms. The second kappa shape index (κ2) is 9.67. The third-order valence-corrected chi connectivity index (χ3v) is 4.64. The summed E-state index contributed by atoms with van der Waals surface area (Å²) in [5.74, 6) is -0.663. The summed E-state index contributed by atoms with van der Waals surface area (Å²) in [6, 6.07) is 5.74.